The van der Waals surface area contributed by atoms with Crippen molar-refractivity contribution < 1.29 is 9.47 Å². The molecule has 0 aliphatic carbocycles. The molecule has 6 nitrogen and oxygen atoms in total. The first-order valence-corrected chi connectivity index (χ1v) is 28.2. The Balaban J connectivity index is 1.14. The van der Waals surface area contributed by atoms with E-state index in [1.54, 1.807) is 0 Å². The summed E-state index contributed by atoms with van der Waals surface area (Å²) < 4.78 is 14.6. The van der Waals surface area contributed by atoms with Gasteiger partial charge >= 0.3 is 0 Å². The van der Waals surface area contributed by atoms with Crippen molar-refractivity contribution in [2.24, 2.45) is 0 Å². The highest BCUT2D eigenvalue weighted by atomic mass is 79.9. The van der Waals surface area contributed by atoms with Gasteiger partial charge in [0.2, 0.25) is 0 Å². The number of ether oxygens (including phenoxy) is 2. The number of fused-ring (bicyclic) bond motifs is 8. The Bertz CT molecular complexity index is 2900. The fourth-order valence-electron chi connectivity index (χ4n) is 9.94. The highest BCUT2D eigenvalue weighted by Crippen LogP contribution is 2.39. The van der Waals surface area contributed by atoms with Crippen molar-refractivity contribution in [3.63, 3.8) is 0 Å². The van der Waals surface area contributed by atoms with Gasteiger partial charge in [0.25, 0.3) is 0 Å². The Morgan fingerprint density at radius 3 is 0.889 bits per heavy atom. The quantitative estimate of drug-likeness (QED) is 0.0591. The average Bonchev–Trinajstić information content (AvgIpc) is 4.26. The minimum Gasteiger partial charge on any atom is -0.494 e. The number of nitrogens with zero attached hydrogens (tertiary/aromatic N) is 2. The van der Waals surface area contributed by atoms with Gasteiger partial charge in [-0.05, 0) is 132 Å². The van der Waals surface area contributed by atoms with Crippen LogP contribution in [0.3, 0.4) is 0 Å². The fourth-order valence-corrected chi connectivity index (χ4v) is 10.5. The predicted octanol–water partition coefficient (Wildman–Crippen LogP) is 19.9. The largest absolute Gasteiger partial charge is 0.494 e. The van der Waals surface area contributed by atoms with Crippen LogP contribution in [0.4, 0.5) is 0 Å². The van der Waals surface area contributed by atoms with Crippen LogP contribution in [-0.2, 0) is 0 Å². The van der Waals surface area contributed by atoms with E-state index in [1.807, 2.05) is 0 Å². The number of H-pyrrole nitrogens is 2. The second kappa shape index (κ2) is 25.6. The van der Waals surface area contributed by atoms with Crippen molar-refractivity contribution in [3.8, 4) is 56.0 Å². The molecule has 0 saturated carbocycles. The van der Waals surface area contributed by atoms with Gasteiger partial charge in [0, 0.05) is 53.3 Å². The van der Waals surface area contributed by atoms with Crippen molar-refractivity contribution in [2.75, 3.05) is 13.2 Å². The fraction of sp³-hybridized carbons (Fsp3) is 0.312. The molecule has 8 bridgehead atoms. The minimum absolute atomic E-state index is 0.722. The van der Waals surface area contributed by atoms with Crippen molar-refractivity contribution in [3.05, 3.63) is 153 Å². The number of aromatic nitrogens is 4. The van der Waals surface area contributed by atoms with E-state index in [0.717, 1.165) is 136 Å². The lowest BCUT2D eigenvalue weighted by Gasteiger charge is -2.09. The number of unbranched alkanes of at least 4 members (excludes halogenated alkanes) is 14. The van der Waals surface area contributed by atoms with Gasteiger partial charge in [0.1, 0.15) is 11.5 Å². The highest BCUT2D eigenvalue weighted by molar-refractivity contribution is 9.10. The molecule has 0 amide bonds. The molecule has 4 aromatic carbocycles. The third-order valence-electron chi connectivity index (χ3n) is 13.8. The van der Waals surface area contributed by atoms with Gasteiger partial charge in [-0.1, -0.05) is 184 Å². The topological polar surface area (TPSA) is 75.8 Å². The molecule has 2 aliphatic rings. The number of benzene rings is 4. The molecule has 2 aliphatic heterocycles. The van der Waals surface area contributed by atoms with Gasteiger partial charge in [-0.3, -0.25) is 0 Å². The van der Waals surface area contributed by atoms with Gasteiger partial charge in [0.15, 0.2) is 0 Å². The van der Waals surface area contributed by atoms with Gasteiger partial charge in [-0.25, -0.2) is 9.97 Å². The first-order chi connectivity index (χ1) is 35.4. The maximum Gasteiger partial charge on any atom is 0.119 e. The summed E-state index contributed by atoms with van der Waals surface area (Å²) in [7, 11) is 0. The Labute approximate surface area is 443 Å². The van der Waals surface area contributed by atoms with Crippen LogP contribution < -0.4 is 9.47 Å². The van der Waals surface area contributed by atoms with Crippen molar-refractivity contribution in [1.82, 2.24) is 19.9 Å². The normalized spacial score (nSPS) is 11.9. The summed E-state index contributed by atoms with van der Waals surface area (Å²) in [6.45, 7) is 5.99. The van der Waals surface area contributed by atoms with E-state index >= 15 is 0 Å². The SMILES string of the molecule is CCCCCCCCCCOc1ccc(-c2c3nc(c(-c4ccc(Br)cc4)c4ccc([nH]4)c(-c4ccc(OCCCCCCCCCC)cc4)c4nc(c(-c5ccc(Br)cc5)c5ccc2[nH]5)C=C4)C=C3)cc1. The van der Waals surface area contributed by atoms with E-state index < -0.39 is 0 Å². The molecule has 9 rings (SSSR count). The lowest BCUT2D eigenvalue weighted by Crippen LogP contribution is -1.97. The van der Waals surface area contributed by atoms with Crippen LogP contribution in [0.25, 0.3) is 90.9 Å². The van der Waals surface area contributed by atoms with Crippen molar-refractivity contribution >= 4 is 78.2 Å². The minimum atomic E-state index is 0.722. The zero-order chi connectivity index (χ0) is 49.5. The van der Waals surface area contributed by atoms with E-state index in [0.29, 0.717) is 0 Å². The molecule has 0 spiro atoms. The Hall–Kier alpha value is -5.96. The van der Waals surface area contributed by atoms with E-state index in [9.17, 15) is 0 Å². The first-order valence-electron chi connectivity index (χ1n) is 26.6. The molecule has 72 heavy (non-hydrogen) atoms. The Morgan fingerprint density at radius 2 is 0.597 bits per heavy atom. The number of aromatic amines is 2. The molecular weight excluding hydrogens is 1020 g/mol. The zero-order valence-electron chi connectivity index (χ0n) is 42.1. The Kier molecular flexibility index (Phi) is 18.1. The van der Waals surface area contributed by atoms with Gasteiger partial charge < -0.3 is 19.4 Å². The molecule has 0 fully saturated rings. The summed E-state index contributed by atoms with van der Waals surface area (Å²) >= 11 is 7.37. The smallest absolute Gasteiger partial charge is 0.119 e. The average molecular weight is 1090 g/mol. The van der Waals surface area contributed by atoms with Crippen LogP contribution in [0.1, 0.15) is 139 Å². The molecule has 2 N–H and O–H groups in total. The summed E-state index contributed by atoms with van der Waals surface area (Å²) in [5, 5.41) is 0. The first kappa shape index (κ1) is 51.0. The number of halogens is 2. The third-order valence-corrected chi connectivity index (χ3v) is 14.9. The number of rotatable bonds is 24. The molecule has 7 aromatic rings. The Morgan fingerprint density at radius 1 is 0.333 bits per heavy atom. The van der Waals surface area contributed by atoms with Crippen LogP contribution in [0.15, 0.2) is 130 Å². The monoisotopic (exact) mass is 1080 g/mol. The third kappa shape index (κ3) is 13.0. The molecule has 5 heterocycles. The van der Waals surface area contributed by atoms with Crippen LogP contribution in [0.2, 0.25) is 0 Å². The van der Waals surface area contributed by atoms with E-state index in [-0.39, 0.29) is 0 Å². The standard InChI is InChI=1S/C64H68Br2N4O2/c1-3-5-7-9-11-13-15-17-43-71-51-31-23-47(24-32-51)63-57-39-35-53(67-57)61(45-19-27-49(65)28-20-45)55-37-41-59(69-55)64(48-25-33-52(34-26-48)72-44-18-16-14-12-10-8-6-4-2)60-42-38-56(70-60)62(54-36-40-58(63)68-54)46-21-29-50(66)30-22-46/h19-42,67,70H,3-18,43-44H2,1-2H3. The van der Waals surface area contributed by atoms with Crippen molar-refractivity contribution in [1.29, 1.82) is 0 Å². The van der Waals surface area contributed by atoms with Crippen LogP contribution in [0.5, 0.6) is 11.5 Å². The zero-order valence-corrected chi connectivity index (χ0v) is 45.2. The molecule has 0 radical (unpaired) electrons. The van der Waals surface area contributed by atoms with E-state index in [2.05, 4.69) is 201 Å². The van der Waals surface area contributed by atoms with E-state index in [1.165, 1.54) is 89.9 Å². The van der Waals surface area contributed by atoms with Gasteiger partial charge in [-0.2, -0.15) is 0 Å². The van der Waals surface area contributed by atoms with E-state index in [4.69, 9.17) is 19.4 Å². The molecule has 370 valence electrons. The molecule has 8 heteroatoms. The van der Waals surface area contributed by atoms with Crippen LogP contribution in [-0.4, -0.2) is 33.1 Å². The van der Waals surface area contributed by atoms with Crippen LogP contribution in [0, 0.1) is 0 Å². The molecule has 0 saturated heterocycles. The maximum absolute atomic E-state index is 6.29. The number of hydrogen-bond donors (Lipinski definition) is 2. The van der Waals surface area contributed by atoms with Gasteiger partial charge in [-0.15, -0.1) is 0 Å². The van der Waals surface area contributed by atoms with Crippen molar-refractivity contribution in [2.45, 2.75) is 117 Å². The number of hydrogen-bond acceptors (Lipinski definition) is 4. The van der Waals surface area contributed by atoms with Crippen LogP contribution >= 0.6 is 31.9 Å². The lowest BCUT2D eigenvalue weighted by molar-refractivity contribution is 0.304. The second-order valence-electron chi connectivity index (χ2n) is 19.2. The molecule has 0 atom stereocenters. The maximum atomic E-state index is 6.29. The van der Waals surface area contributed by atoms with Gasteiger partial charge in [0.05, 0.1) is 36.0 Å². The summed E-state index contributed by atoms with van der Waals surface area (Å²) in [6, 6.07) is 42.8. The summed E-state index contributed by atoms with van der Waals surface area (Å²) in [6.07, 6.45) is 29.0. The summed E-state index contributed by atoms with van der Waals surface area (Å²) in [4.78, 5) is 18.8. The second-order valence-corrected chi connectivity index (χ2v) is 21.0. The molecule has 3 aromatic heterocycles. The summed E-state index contributed by atoms with van der Waals surface area (Å²) in [5.41, 5.74) is 15.6. The number of nitrogens with one attached hydrogen (secondary N) is 2. The summed E-state index contributed by atoms with van der Waals surface area (Å²) in [5.74, 6) is 1.76. The molecule has 0 unspecified atom stereocenters. The molecular formula is C64H68Br2N4O2. The predicted molar refractivity (Wildman–Crippen MR) is 312 cm³/mol. The lowest BCUT2D eigenvalue weighted by atomic mass is 10.0. The highest BCUT2D eigenvalue weighted by Gasteiger charge is 2.19.